The van der Waals surface area contributed by atoms with Gasteiger partial charge in [0.2, 0.25) is 0 Å². The van der Waals surface area contributed by atoms with Gasteiger partial charge >= 0.3 is 6.03 Å². The van der Waals surface area contributed by atoms with Crippen LogP contribution in [-0.2, 0) is 0 Å². The lowest BCUT2D eigenvalue weighted by molar-refractivity contribution is -0.107. The normalized spacial score (nSPS) is 20.6. The van der Waals surface area contributed by atoms with E-state index in [1.54, 1.807) is 11.9 Å². The molecule has 0 saturated carbocycles. The van der Waals surface area contributed by atoms with Crippen LogP contribution >= 0.6 is 0 Å². The summed E-state index contributed by atoms with van der Waals surface area (Å²) in [5, 5.41) is 12.3. The summed E-state index contributed by atoms with van der Waals surface area (Å²) < 4.78 is 0. The molecule has 4 nitrogen and oxygen atoms in total. The number of hydrogen-bond acceptors (Lipinski definition) is 2. The van der Waals surface area contributed by atoms with Gasteiger partial charge in [-0.15, -0.1) is 0 Å². The number of nitrogens with zero attached hydrogens (tertiary/aromatic N) is 1. The smallest absolute Gasteiger partial charge is 0.317 e. The number of urea groups is 1. The molecular formula is C8H16N2O2. The van der Waals surface area contributed by atoms with Crippen molar-refractivity contribution in [3.05, 3.63) is 0 Å². The molecule has 12 heavy (non-hydrogen) atoms. The summed E-state index contributed by atoms with van der Waals surface area (Å²) in [4.78, 5) is 12.6. The molecule has 2 N–H and O–H groups in total. The first-order chi connectivity index (χ1) is 5.49. The maximum absolute atomic E-state index is 11.0. The van der Waals surface area contributed by atoms with E-state index in [0.717, 1.165) is 0 Å². The average molecular weight is 172 g/mol. The van der Waals surface area contributed by atoms with Gasteiger partial charge in [-0.2, -0.15) is 0 Å². The SMILES string of the molecule is CNC(=O)N1CC(O)(C(C)C)C1. The Morgan fingerprint density at radius 1 is 1.58 bits per heavy atom. The minimum atomic E-state index is -0.660. The predicted octanol–water partition coefficient (Wildman–Crippen LogP) is 0.0285. The topological polar surface area (TPSA) is 52.6 Å². The first-order valence-electron chi connectivity index (χ1n) is 4.18. The standard InChI is InChI=1S/C8H16N2O2/c1-6(2)8(12)4-10(5-8)7(11)9-3/h6,12H,4-5H2,1-3H3,(H,9,11). The molecule has 1 aliphatic rings. The molecule has 1 heterocycles. The van der Waals surface area contributed by atoms with Gasteiger partial charge in [-0.3, -0.25) is 0 Å². The van der Waals surface area contributed by atoms with E-state index in [4.69, 9.17) is 0 Å². The molecule has 1 aliphatic heterocycles. The molecule has 0 spiro atoms. The highest BCUT2D eigenvalue weighted by atomic mass is 16.3. The van der Waals surface area contributed by atoms with Crippen LogP contribution in [0.4, 0.5) is 4.79 Å². The zero-order chi connectivity index (χ0) is 9.35. The van der Waals surface area contributed by atoms with Gasteiger partial charge < -0.3 is 15.3 Å². The van der Waals surface area contributed by atoms with Crippen LogP contribution in [0.25, 0.3) is 0 Å². The molecule has 1 saturated heterocycles. The molecule has 1 fully saturated rings. The molecule has 0 aliphatic carbocycles. The minimum absolute atomic E-state index is 0.111. The average Bonchev–Trinajstić information content (AvgIpc) is 1.96. The van der Waals surface area contributed by atoms with Crippen LogP contribution in [0.15, 0.2) is 0 Å². The zero-order valence-corrected chi connectivity index (χ0v) is 7.79. The van der Waals surface area contributed by atoms with Gasteiger partial charge in [0, 0.05) is 7.05 Å². The Balaban J connectivity index is 2.41. The van der Waals surface area contributed by atoms with Gasteiger partial charge in [-0.05, 0) is 5.92 Å². The quantitative estimate of drug-likeness (QED) is 0.586. The van der Waals surface area contributed by atoms with Crippen LogP contribution in [0, 0.1) is 5.92 Å². The van der Waals surface area contributed by atoms with Crippen LogP contribution in [0.2, 0.25) is 0 Å². The van der Waals surface area contributed by atoms with E-state index in [-0.39, 0.29) is 11.9 Å². The van der Waals surface area contributed by atoms with E-state index in [9.17, 15) is 9.90 Å². The van der Waals surface area contributed by atoms with Gasteiger partial charge in [0.25, 0.3) is 0 Å². The molecule has 0 bridgehead atoms. The number of carbonyl (C=O) groups excluding carboxylic acids is 1. The fourth-order valence-electron chi connectivity index (χ4n) is 1.28. The lowest BCUT2D eigenvalue weighted by Crippen LogP contribution is -2.67. The molecule has 1 rings (SSSR count). The minimum Gasteiger partial charge on any atom is -0.386 e. The van der Waals surface area contributed by atoms with Crippen LogP contribution in [0.1, 0.15) is 13.8 Å². The molecule has 0 aromatic heterocycles. The molecule has 4 heteroatoms. The van der Waals surface area contributed by atoms with Crippen LogP contribution in [0.5, 0.6) is 0 Å². The highest BCUT2D eigenvalue weighted by Crippen LogP contribution is 2.28. The number of amides is 2. The van der Waals surface area contributed by atoms with Crippen molar-refractivity contribution in [3.63, 3.8) is 0 Å². The summed E-state index contributed by atoms with van der Waals surface area (Å²) in [5.41, 5.74) is -0.660. The molecule has 0 aromatic rings. The van der Waals surface area contributed by atoms with Crippen molar-refractivity contribution in [2.45, 2.75) is 19.4 Å². The Labute approximate surface area is 72.6 Å². The van der Waals surface area contributed by atoms with Crippen LogP contribution in [0.3, 0.4) is 0 Å². The summed E-state index contributed by atoms with van der Waals surface area (Å²) in [7, 11) is 1.59. The number of carbonyl (C=O) groups is 1. The lowest BCUT2D eigenvalue weighted by Gasteiger charge is -2.48. The second kappa shape index (κ2) is 2.94. The summed E-state index contributed by atoms with van der Waals surface area (Å²) in [5.74, 6) is 0.207. The molecule has 0 unspecified atom stereocenters. The van der Waals surface area contributed by atoms with E-state index in [1.807, 2.05) is 13.8 Å². The van der Waals surface area contributed by atoms with Crippen molar-refractivity contribution < 1.29 is 9.90 Å². The van der Waals surface area contributed by atoms with Crippen LogP contribution in [-0.4, -0.2) is 41.8 Å². The fourth-order valence-corrected chi connectivity index (χ4v) is 1.28. The third-order valence-corrected chi connectivity index (χ3v) is 2.51. The maximum Gasteiger partial charge on any atom is 0.317 e. The summed E-state index contributed by atoms with van der Waals surface area (Å²) in [6.45, 7) is 4.82. The van der Waals surface area contributed by atoms with Crippen LogP contribution < -0.4 is 5.32 Å². The van der Waals surface area contributed by atoms with Crippen molar-refractivity contribution in [1.29, 1.82) is 0 Å². The van der Waals surface area contributed by atoms with Gasteiger partial charge in [0.1, 0.15) is 5.60 Å². The Kier molecular flexibility index (Phi) is 2.28. The molecule has 2 amide bonds. The third-order valence-electron chi connectivity index (χ3n) is 2.51. The number of likely N-dealkylation sites (tertiary alicyclic amines) is 1. The molecule has 0 atom stereocenters. The Bertz CT molecular complexity index is 185. The van der Waals surface area contributed by atoms with Crippen molar-refractivity contribution in [3.8, 4) is 0 Å². The lowest BCUT2D eigenvalue weighted by atomic mass is 9.83. The van der Waals surface area contributed by atoms with E-state index in [2.05, 4.69) is 5.32 Å². The number of β-amino-alcohol motifs (C(OH)–C–C–N with tert-alkyl or cyclic N) is 1. The molecule has 70 valence electrons. The largest absolute Gasteiger partial charge is 0.386 e. The van der Waals surface area contributed by atoms with E-state index >= 15 is 0 Å². The van der Waals surface area contributed by atoms with E-state index in [0.29, 0.717) is 13.1 Å². The fraction of sp³-hybridized carbons (Fsp3) is 0.875. The highest BCUT2D eigenvalue weighted by molar-refractivity contribution is 5.75. The molecule has 0 aromatic carbocycles. The zero-order valence-electron chi connectivity index (χ0n) is 7.79. The maximum atomic E-state index is 11.0. The predicted molar refractivity (Wildman–Crippen MR) is 45.8 cm³/mol. The Morgan fingerprint density at radius 2 is 2.08 bits per heavy atom. The van der Waals surface area contributed by atoms with Gasteiger partial charge in [0.05, 0.1) is 13.1 Å². The van der Waals surface area contributed by atoms with Gasteiger partial charge in [0.15, 0.2) is 0 Å². The summed E-state index contributed by atoms with van der Waals surface area (Å²) in [6, 6.07) is -0.111. The molecule has 0 radical (unpaired) electrons. The van der Waals surface area contributed by atoms with Crippen molar-refractivity contribution in [1.82, 2.24) is 10.2 Å². The van der Waals surface area contributed by atoms with Gasteiger partial charge in [-0.25, -0.2) is 4.79 Å². The Morgan fingerprint density at radius 3 is 2.42 bits per heavy atom. The number of aliphatic hydroxyl groups is 1. The number of rotatable bonds is 1. The monoisotopic (exact) mass is 172 g/mol. The second-order valence-electron chi connectivity index (χ2n) is 3.67. The first kappa shape index (κ1) is 9.32. The second-order valence-corrected chi connectivity index (χ2v) is 3.67. The molecular weight excluding hydrogens is 156 g/mol. The Hall–Kier alpha value is -0.770. The van der Waals surface area contributed by atoms with Crippen molar-refractivity contribution in [2.75, 3.05) is 20.1 Å². The van der Waals surface area contributed by atoms with Crippen molar-refractivity contribution in [2.24, 2.45) is 5.92 Å². The number of hydrogen-bond donors (Lipinski definition) is 2. The summed E-state index contributed by atoms with van der Waals surface area (Å²) >= 11 is 0. The van der Waals surface area contributed by atoms with E-state index < -0.39 is 5.60 Å². The number of nitrogens with one attached hydrogen (secondary N) is 1. The van der Waals surface area contributed by atoms with Gasteiger partial charge in [-0.1, -0.05) is 13.8 Å². The summed E-state index contributed by atoms with van der Waals surface area (Å²) in [6.07, 6.45) is 0. The van der Waals surface area contributed by atoms with E-state index in [1.165, 1.54) is 0 Å². The highest BCUT2D eigenvalue weighted by Gasteiger charge is 2.45. The first-order valence-corrected chi connectivity index (χ1v) is 4.18. The third kappa shape index (κ3) is 1.39. The van der Waals surface area contributed by atoms with Crippen molar-refractivity contribution >= 4 is 6.03 Å².